The zero-order valence-corrected chi connectivity index (χ0v) is 33.4. The van der Waals surface area contributed by atoms with Crippen LogP contribution in [0.25, 0.3) is 67.2 Å². The van der Waals surface area contributed by atoms with Gasteiger partial charge in [0.25, 0.3) is 0 Å². The summed E-state index contributed by atoms with van der Waals surface area (Å²) in [7, 11) is 0. The van der Waals surface area contributed by atoms with Crippen molar-refractivity contribution in [1.29, 1.82) is 0 Å². The standard InChI is InChI=1S/C57H44N2/c1-57(2)53-22-11-9-20-49(53)50-34-33-48(38-54(50)57)58(46-29-24-40(25-30-46)43-17-13-16-42(36-43)39-14-5-3-6-15-39)47-31-26-41(27-32-47)44-28-35-56-52(37-44)51-21-10-12-23-55(51)59(56)45-18-7-4-8-19-45/h3-11,13-22,24-38H,12,23H2,1-2H3. The number of hydrogen-bond donors (Lipinski definition) is 0. The summed E-state index contributed by atoms with van der Waals surface area (Å²) in [5.74, 6) is 0. The molecule has 2 aliphatic rings. The number of anilines is 3. The molecule has 0 fully saturated rings. The van der Waals surface area contributed by atoms with Gasteiger partial charge in [-0.2, -0.15) is 0 Å². The van der Waals surface area contributed by atoms with Crippen LogP contribution in [0.3, 0.4) is 0 Å². The first-order valence-electron chi connectivity index (χ1n) is 20.8. The van der Waals surface area contributed by atoms with Crippen molar-refractivity contribution in [3.05, 3.63) is 223 Å². The summed E-state index contributed by atoms with van der Waals surface area (Å²) < 4.78 is 2.46. The van der Waals surface area contributed by atoms with Crippen molar-refractivity contribution in [3.63, 3.8) is 0 Å². The fraction of sp³-hybridized carbons (Fsp3) is 0.0877. The van der Waals surface area contributed by atoms with Crippen LogP contribution in [-0.4, -0.2) is 4.57 Å². The van der Waals surface area contributed by atoms with Crippen LogP contribution in [-0.2, 0) is 11.8 Å². The largest absolute Gasteiger partial charge is 0.313 e. The average Bonchev–Trinajstić information content (AvgIpc) is 3.75. The molecule has 59 heavy (non-hydrogen) atoms. The molecule has 1 heterocycles. The Kier molecular flexibility index (Phi) is 8.34. The number of benzene rings is 8. The number of hydrogen-bond acceptors (Lipinski definition) is 1. The van der Waals surface area contributed by atoms with E-state index in [9.17, 15) is 0 Å². The Balaban J connectivity index is 0.989. The molecule has 11 rings (SSSR count). The summed E-state index contributed by atoms with van der Waals surface area (Å²) in [6.07, 6.45) is 6.76. The van der Waals surface area contributed by atoms with Crippen LogP contribution in [0.2, 0.25) is 0 Å². The number of para-hydroxylation sites is 1. The Labute approximate surface area is 347 Å². The molecule has 0 radical (unpaired) electrons. The second kappa shape index (κ2) is 14.0. The van der Waals surface area contributed by atoms with Gasteiger partial charge in [0, 0.05) is 44.8 Å². The predicted molar refractivity (Wildman–Crippen MR) is 249 cm³/mol. The van der Waals surface area contributed by atoms with Gasteiger partial charge in [-0.05, 0) is 135 Å². The number of rotatable bonds is 7. The van der Waals surface area contributed by atoms with Crippen LogP contribution in [0.4, 0.5) is 17.1 Å². The number of fused-ring (bicyclic) bond motifs is 6. The second-order valence-electron chi connectivity index (χ2n) is 16.5. The molecule has 0 atom stereocenters. The van der Waals surface area contributed by atoms with E-state index in [0.717, 1.165) is 29.9 Å². The fourth-order valence-corrected chi connectivity index (χ4v) is 9.67. The smallest absolute Gasteiger partial charge is 0.0538 e. The van der Waals surface area contributed by atoms with E-state index >= 15 is 0 Å². The quantitative estimate of drug-likeness (QED) is 0.157. The lowest BCUT2D eigenvalue weighted by molar-refractivity contribution is 0.660. The SMILES string of the molecule is CC1(C)c2ccccc2-c2ccc(N(c3ccc(-c4cccc(-c5ccccc5)c4)cc3)c3ccc(-c4ccc5c(c4)c4c(n5-c5ccccc5)CCC=C4)cc3)cc21. The van der Waals surface area contributed by atoms with Crippen molar-refractivity contribution in [2.24, 2.45) is 0 Å². The monoisotopic (exact) mass is 756 g/mol. The Hall–Kier alpha value is -7.16. The van der Waals surface area contributed by atoms with Gasteiger partial charge in [0.05, 0.1) is 5.52 Å². The van der Waals surface area contributed by atoms with E-state index in [1.807, 2.05) is 0 Å². The van der Waals surface area contributed by atoms with Crippen molar-refractivity contribution in [3.8, 4) is 50.2 Å². The zero-order chi connectivity index (χ0) is 39.5. The Bertz CT molecular complexity index is 3040. The third kappa shape index (κ3) is 5.94. The predicted octanol–water partition coefficient (Wildman–Crippen LogP) is 15.4. The second-order valence-corrected chi connectivity index (χ2v) is 16.5. The van der Waals surface area contributed by atoms with E-state index in [0.29, 0.717) is 0 Å². The highest BCUT2D eigenvalue weighted by atomic mass is 15.1. The van der Waals surface area contributed by atoms with Crippen LogP contribution in [0.1, 0.15) is 42.7 Å². The fourth-order valence-electron chi connectivity index (χ4n) is 9.67. The third-order valence-electron chi connectivity index (χ3n) is 12.7. The Morgan fingerprint density at radius 3 is 1.73 bits per heavy atom. The lowest BCUT2D eigenvalue weighted by atomic mass is 9.82. The molecule has 0 N–H and O–H groups in total. The highest BCUT2D eigenvalue weighted by molar-refractivity contribution is 5.96. The zero-order valence-electron chi connectivity index (χ0n) is 33.4. The summed E-state index contributed by atoms with van der Waals surface area (Å²) in [6.45, 7) is 4.72. The molecule has 0 bridgehead atoms. The first-order valence-corrected chi connectivity index (χ1v) is 20.8. The molecular formula is C57H44N2. The van der Waals surface area contributed by atoms with Crippen LogP contribution in [0.15, 0.2) is 200 Å². The van der Waals surface area contributed by atoms with Gasteiger partial charge in [-0.3, -0.25) is 0 Å². The van der Waals surface area contributed by atoms with Crippen molar-refractivity contribution in [2.45, 2.75) is 32.1 Å². The van der Waals surface area contributed by atoms with Gasteiger partial charge in [0.15, 0.2) is 0 Å². The van der Waals surface area contributed by atoms with E-state index in [1.54, 1.807) is 0 Å². The van der Waals surface area contributed by atoms with E-state index in [-0.39, 0.29) is 5.41 Å². The molecule has 0 saturated heterocycles. The summed E-state index contributed by atoms with van der Waals surface area (Å²) in [5.41, 5.74) is 21.2. The van der Waals surface area contributed by atoms with Crippen LogP contribution >= 0.6 is 0 Å². The lowest BCUT2D eigenvalue weighted by Crippen LogP contribution is -2.16. The summed E-state index contributed by atoms with van der Waals surface area (Å²) in [5, 5.41) is 1.30. The minimum Gasteiger partial charge on any atom is -0.313 e. The van der Waals surface area contributed by atoms with Gasteiger partial charge < -0.3 is 9.47 Å². The van der Waals surface area contributed by atoms with Crippen molar-refractivity contribution >= 4 is 34.0 Å². The molecule has 2 aliphatic carbocycles. The molecule has 0 unspecified atom stereocenters. The van der Waals surface area contributed by atoms with E-state index in [2.05, 4.69) is 230 Å². The van der Waals surface area contributed by atoms with Gasteiger partial charge in [0.2, 0.25) is 0 Å². The molecule has 0 spiro atoms. The average molecular weight is 757 g/mol. The molecular weight excluding hydrogens is 713 g/mol. The topological polar surface area (TPSA) is 8.17 Å². The maximum absolute atomic E-state index is 2.46. The minimum atomic E-state index is -0.0996. The molecule has 8 aromatic carbocycles. The molecule has 2 nitrogen and oxygen atoms in total. The van der Waals surface area contributed by atoms with Gasteiger partial charge in [-0.1, -0.05) is 153 Å². The third-order valence-corrected chi connectivity index (χ3v) is 12.7. The maximum atomic E-state index is 2.46. The molecule has 9 aromatic rings. The first-order chi connectivity index (χ1) is 29.0. The summed E-state index contributed by atoms with van der Waals surface area (Å²) >= 11 is 0. The lowest BCUT2D eigenvalue weighted by Gasteiger charge is -2.28. The molecule has 0 saturated carbocycles. The molecule has 0 amide bonds. The molecule has 2 heteroatoms. The number of aromatic nitrogens is 1. The molecule has 0 aliphatic heterocycles. The summed E-state index contributed by atoms with van der Waals surface area (Å²) in [4.78, 5) is 2.41. The van der Waals surface area contributed by atoms with Gasteiger partial charge in [-0.15, -0.1) is 0 Å². The maximum Gasteiger partial charge on any atom is 0.0538 e. The molecule has 1 aromatic heterocycles. The van der Waals surface area contributed by atoms with Gasteiger partial charge in [0.1, 0.15) is 0 Å². The van der Waals surface area contributed by atoms with E-state index < -0.39 is 0 Å². The number of allylic oxidation sites excluding steroid dienone is 1. The Morgan fingerprint density at radius 1 is 0.458 bits per heavy atom. The van der Waals surface area contributed by atoms with Crippen LogP contribution in [0.5, 0.6) is 0 Å². The van der Waals surface area contributed by atoms with Crippen molar-refractivity contribution < 1.29 is 0 Å². The van der Waals surface area contributed by atoms with Crippen molar-refractivity contribution in [1.82, 2.24) is 4.57 Å². The van der Waals surface area contributed by atoms with Crippen molar-refractivity contribution in [2.75, 3.05) is 4.90 Å². The minimum absolute atomic E-state index is 0.0996. The van der Waals surface area contributed by atoms with Gasteiger partial charge in [-0.25, -0.2) is 0 Å². The van der Waals surface area contributed by atoms with Crippen LogP contribution in [0, 0.1) is 0 Å². The first kappa shape index (κ1) is 35.0. The van der Waals surface area contributed by atoms with Crippen LogP contribution < -0.4 is 4.90 Å². The highest BCUT2D eigenvalue weighted by Gasteiger charge is 2.35. The summed E-state index contributed by atoms with van der Waals surface area (Å²) in [6, 6.07) is 71.4. The van der Waals surface area contributed by atoms with Gasteiger partial charge >= 0.3 is 0 Å². The molecule has 282 valence electrons. The van der Waals surface area contributed by atoms with E-state index in [4.69, 9.17) is 0 Å². The van der Waals surface area contributed by atoms with E-state index in [1.165, 1.54) is 83.5 Å². The normalized spacial score (nSPS) is 13.5. The highest BCUT2D eigenvalue weighted by Crippen LogP contribution is 2.51. The Morgan fingerprint density at radius 2 is 1.02 bits per heavy atom. The number of nitrogens with zero attached hydrogens (tertiary/aromatic N) is 2.